The predicted octanol–water partition coefficient (Wildman–Crippen LogP) is 1.68. The topological polar surface area (TPSA) is 27.1 Å². The van der Waals surface area contributed by atoms with Crippen LogP contribution in [0.5, 0.6) is 0 Å². The molecule has 0 N–H and O–H groups in total. The smallest absolute Gasteiger partial charge is 0.129 e. The second kappa shape index (κ2) is 3.84. The third-order valence-corrected chi connectivity index (χ3v) is 3.05. The number of hydrogen-bond acceptors (Lipinski definition) is 2. The van der Waals surface area contributed by atoms with E-state index in [9.17, 15) is 0 Å². The van der Waals surface area contributed by atoms with Crippen LogP contribution in [0.4, 0.5) is 0 Å². The van der Waals surface area contributed by atoms with Gasteiger partial charge >= 0.3 is 0 Å². The Morgan fingerprint density at radius 2 is 2.20 bits per heavy atom. The molecule has 0 aromatic carbocycles. The van der Waals surface area contributed by atoms with Gasteiger partial charge in [0.15, 0.2) is 0 Å². The van der Waals surface area contributed by atoms with Crippen LogP contribution in [-0.4, -0.2) is 31.1 Å². The van der Waals surface area contributed by atoms with Gasteiger partial charge in [0, 0.05) is 6.20 Å². The molecular formula is C11H16N2OSi. The van der Waals surface area contributed by atoms with Crippen LogP contribution >= 0.6 is 0 Å². The van der Waals surface area contributed by atoms with Crippen molar-refractivity contribution in [3.05, 3.63) is 18.0 Å². The second-order valence-corrected chi connectivity index (χ2v) is 9.65. The number of ether oxygens (including phenoxy) is 1. The highest BCUT2D eigenvalue weighted by molar-refractivity contribution is 6.83. The lowest BCUT2D eigenvalue weighted by atomic mass is 10.3. The van der Waals surface area contributed by atoms with Crippen LogP contribution in [0.1, 0.15) is 11.6 Å². The summed E-state index contributed by atoms with van der Waals surface area (Å²) in [4.78, 5) is 0. The van der Waals surface area contributed by atoms with Crippen LogP contribution < -0.4 is 0 Å². The van der Waals surface area contributed by atoms with Crippen molar-refractivity contribution in [1.82, 2.24) is 9.78 Å². The monoisotopic (exact) mass is 220 g/mol. The summed E-state index contributed by atoms with van der Waals surface area (Å²) in [5.41, 5.74) is 4.35. The van der Waals surface area contributed by atoms with Crippen molar-refractivity contribution in [2.24, 2.45) is 0 Å². The van der Waals surface area contributed by atoms with E-state index in [1.54, 1.807) is 0 Å². The van der Waals surface area contributed by atoms with E-state index in [0.717, 1.165) is 18.8 Å². The summed E-state index contributed by atoms with van der Waals surface area (Å²) >= 11 is 0. The van der Waals surface area contributed by atoms with Gasteiger partial charge < -0.3 is 4.74 Å². The van der Waals surface area contributed by atoms with E-state index in [4.69, 9.17) is 4.74 Å². The first-order valence-electron chi connectivity index (χ1n) is 5.20. The number of nitrogens with zero attached hydrogens (tertiary/aromatic N) is 2. The molecule has 80 valence electrons. The maximum Gasteiger partial charge on any atom is 0.129 e. The van der Waals surface area contributed by atoms with Crippen LogP contribution in [0.15, 0.2) is 12.4 Å². The van der Waals surface area contributed by atoms with Crippen LogP contribution in [0.3, 0.4) is 0 Å². The molecule has 0 radical (unpaired) electrons. The van der Waals surface area contributed by atoms with E-state index in [1.807, 2.05) is 17.1 Å². The zero-order chi connectivity index (χ0) is 10.9. The van der Waals surface area contributed by atoms with Gasteiger partial charge in [-0.2, -0.15) is 5.10 Å². The van der Waals surface area contributed by atoms with Gasteiger partial charge in [0.1, 0.15) is 8.07 Å². The van der Waals surface area contributed by atoms with E-state index in [1.165, 1.54) is 0 Å². The lowest BCUT2D eigenvalue weighted by molar-refractivity contribution is -0.0286. The van der Waals surface area contributed by atoms with Gasteiger partial charge in [0.25, 0.3) is 0 Å². The molecule has 2 heterocycles. The number of rotatable bonds is 1. The Hall–Kier alpha value is -1.05. The van der Waals surface area contributed by atoms with Crippen LogP contribution in [-0.2, 0) is 4.74 Å². The quantitative estimate of drug-likeness (QED) is 0.532. The lowest BCUT2D eigenvalue weighted by Gasteiger charge is -2.25. The molecular weight excluding hydrogens is 204 g/mol. The fourth-order valence-electron chi connectivity index (χ4n) is 1.24. The maximum absolute atomic E-state index is 5.12. The molecule has 0 bridgehead atoms. The van der Waals surface area contributed by atoms with E-state index in [0.29, 0.717) is 6.04 Å². The largest absolute Gasteiger partial charge is 0.377 e. The Balaban J connectivity index is 2.09. The van der Waals surface area contributed by atoms with E-state index < -0.39 is 8.07 Å². The van der Waals surface area contributed by atoms with Crippen molar-refractivity contribution in [2.45, 2.75) is 25.7 Å². The Kier molecular flexibility index (Phi) is 2.68. The van der Waals surface area contributed by atoms with Crippen molar-refractivity contribution in [3.63, 3.8) is 0 Å². The zero-order valence-corrected chi connectivity index (χ0v) is 10.4. The lowest BCUT2D eigenvalue weighted by Crippen LogP contribution is -2.30. The van der Waals surface area contributed by atoms with Crippen molar-refractivity contribution in [1.29, 1.82) is 0 Å². The molecule has 0 saturated carbocycles. The highest BCUT2D eigenvalue weighted by atomic mass is 28.3. The van der Waals surface area contributed by atoms with E-state index in [2.05, 4.69) is 36.2 Å². The highest BCUT2D eigenvalue weighted by Crippen LogP contribution is 2.15. The molecule has 0 aliphatic carbocycles. The first kappa shape index (κ1) is 10.5. The molecule has 3 nitrogen and oxygen atoms in total. The van der Waals surface area contributed by atoms with Gasteiger partial charge in [0.2, 0.25) is 0 Å². The van der Waals surface area contributed by atoms with Gasteiger partial charge in [-0.1, -0.05) is 25.6 Å². The standard InChI is InChI=1S/C11H16N2OSi/c1-15(2,3)5-4-10-6-12-13(7-10)11-8-14-9-11/h6-7,11H,8-9H2,1-3H3. The Morgan fingerprint density at radius 1 is 1.47 bits per heavy atom. The van der Waals surface area contributed by atoms with Crippen molar-refractivity contribution in [3.8, 4) is 11.5 Å². The minimum absolute atomic E-state index is 0.424. The molecule has 1 saturated heterocycles. The number of hydrogen-bond donors (Lipinski definition) is 0. The first-order chi connectivity index (χ1) is 7.04. The molecule has 15 heavy (non-hydrogen) atoms. The van der Waals surface area contributed by atoms with Crippen LogP contribution in [0, 0.1) is 11.5 Å². The minimum atomic E-state index is -1.28. The Morgan fingerprint density at radius 3 is 2.73 bits per heavy atom. The van der Waals surface area contributed by atoms with Gasteiger partial charge in [-0.15, -0.1) is 5.54 Å². The van der Waals surface area contributed by atoms with Crippen LogP contribution in [0.2, 0.25) is 19.6 Å². The summed E-state index contributed by atoms with van der Waals surface area (Å²) in [5, 5.41) is 4.29. The normalized spacial score (nSPS) is 16.7. The molecule has 1 aliphatic rings. The third-order valence-electron chi connectivity index (χ3n) is 2.18. The summed E-state index contributed by atoms with van der Waals surface area (Å²) in [5.74, 6) is 3.20. The first-order valence-corrected chi connectivity index (χ1v) is 8.70. The molecule has 0 spiro atoms. The molecule has 1 aromatic rings. The summed E-state index contributed by atoms with van der Waals surface area (Å²) in [6.07, 6.45) is 3.85. The summed E-state index contributed by atoms with van der Waals surface area (Å²) in [7, 11) is -1.28. The zero-order valence-electron chi connectivity index (χ0n) is 9.45. The van der Waals surface area contributed by atoms with Crippen molar-refractivity contribution < 1.29 is 4.74 Å². The van der Waals surface area contributed by atoms with E-state index >= 15 is 0 Å². The predicted molar refractivity (Wildman–Crippen MR) is 62.3 cm³/mol. The summed E-state index contributed by atoms with van der Waals surface area (Å²) in [6, 6.07) is 0.424. The molecule has 4 heteroatoms. The number of aromatic nitrogens is 2. The van der Waals surface area contributed by atoms with Gasteiger partial charge in [0.05, 0.1) is 31.0 Å². The molecule has 1 fully saturated rings. The van der Waals surface area contributed by atoms with Gasteiger partial charge in [-0.3, -0.25) is 4.68 Å². The highest BCUT2D eigenvalue weighted by Gasteiger charge is 2.20. The molecule has 2 rings (SSSR count). The average Bonchev–Trinajstić information content (AvgIpc) is 2.45. The molecule has 1 aliphatic heterocycles. The molecule has 0 amide bonds. The van der Waals surface area contributed by atoms with Crippen molar-refractivity contribution >= 4 is 8.07 Å². The summed E-state index contributed by atoms with van der Waals surface area (Å²) < 4.78 is 7.08. The Labute approximate surface area is 91.4 Å². The maximum atomic E-state index is 5.12. The fraction of sp³-hybridized carbons (Fsp3) is 0.545. The summed E-state index contributed by atoms with van der Waals surface area (Å²) in [6.45, 7) is 8.28. The SMILES string of the molecule is C[Si](C)(C)C#Cc1cnn(C2COC2)c1. The Bertz CT molecular complexity index is 404. The van der Waals surface area contributed by atoms with Gasteiger partial charge in [-0.05, 0) is 0 Å². The minimum Gasteiger partial charge on any atom is -0.377 e. The van der Waals surface area contributed by atoms with E-state index in [-0.39, 0.29) is 0 Å². The molecule has 1 aromatic heterocycles. The van der Waals surface area contributed by atoms with Crippen molar-refractivity contribution in [2.75, 3.05) is 13.2 Å². The van der Waals surface area contributed by atoms with Crippen LogP contribution in [0.25, 0.3) is 0 Å². The third kappa shape index (κ3) is 2.71. The molecule has 0 unspecified atom stereocenters. The fourth-order valence-corrected chi connectivity index (χ4v) is 1.76. The second-order valence-electron chi connectivity index (χ2n) is 4.90. The average molecular weight is 220 g/mol. The van der Waals surface area contributed by atoms with Gasteiger partial charge in [-0.25, -0.2) is 0 Å². The molecule has 0 atom stereocenters.